The lowest BCUT2D eigenvalue weighted by Gasteiger charge is -2.16. The van der Waals surface area contributed by atoms with Crippen LogP contribution < -0.4 is 11.1 Å². The van der Waals surface area contributed by atoms with Crippen molar-refractivity contribution < 1.29 is 8.42 Å². The Kier molecular flexibility index (Phi) is 4.50. The number of thiazole rings is 1. The van der Waals surface area contributed by atoms with Crippen molar-refractivity contribution in [1.82, 2.24) is 9.29 Å². The molecule has 0 bridgehead atoms. The number of rotatable bonds is 5. The van der Waals surface area contributed by atoms with Crippen molar-refractivity contribution >= 4 is 32.7 Å². The second-order valence-electron chi connectivity index (χ2n) is 4.70. The van der Waals surface area contributed by atoms with Gasteiger partial charge < -0.3 is 11.1 Å². The van der Waals surface area contributed by atoms with Gasteiger partial charge in [0.05, 0.1) is 22.9 Å². The van der Waals surface area contributed by atoms with E-state index in [0.717, 1.165) is 14.2 Å². The predicted octanol–water partition coefficient (Wildman–Crippen LogP) is 1.90. The fourth-order valence-electron chi connectivity index (χ4n) is 1.79. The van der Waals surface area contributed by atoms with Gasteiger partial charge in [-0.1, -0.05) is 6.07 Å². The number of nitrogens with one attached hydrogen (secondary N) is 1. The average Bonchev–Trinajstić information content (AvgIpc) is 2.83. The van der Waals surface area contributed by atoms with Crippen LogP contribution in [0.3, 0.4) is 0 Å². The van der Waals surface area contributed by atoms with Crippen LogP contribution in [0.1, 0.15) is 9.88 Å². The van der Waals surface area contributed by atoms with Gasteiger partial charge >= 0.3 is 0 Å². The molecule has 0 aliphatic rings. The van der Waals surface area contributed by atoms with Crippen molar-refractivity contribution in [3.05, 3.63) is 34.3 Å². The highest BCUT2D eigenvalue weighted by atomic mass is 32.2. The minimum Gasteiger partial charge on any atom is -0.396 e. The second kappa shape index (κ2) is 6.00. The summed E-state index contributed by atoms with van der Waals surface area (Å²) >= 11 is 1.59. The van der Waals surface area contributed by atoms with E-state index in [1.54, 1.807) is 29.7 Å². The molecule has 0 radical (unpaired) electrons. The standard InChI is InChI=1S/C13H18N4O2S2/c1-9-15-7-10(20-9)8-16-11-5-4-6-12(13(11)14)21(18,19)17(2)3/h4-7,16H,8,14H2,1-3H3. The SMILES string of the molecule is Cc1ncc(CNc2cccc(S(=O)(=O)N(C)C)c2N)s1. The van der Waals surface area contributed by atoms with Crippen molar-refractivity contribution in [2.24, 2.45) is 0 Å². The summed E-state index contributed by atoms with van der Waals surface area (Å²) in [6.45, 7) is 2.49. The molecule has 2 rings (SSSR count). The zero-order valence-electron chi connectivity index (χ0n) is 12.1. The number of para-hydroxylation sites is 1. The first-order chi connectivity index (χ1) is 9.82. The highest BCUT2D eigenvalue weighted by Crippen LogP contribution is 2.28. The quantitative estimate of drug-likeness (QED) is 0.819. The van der Waals surface area contributed by atoms with Gasteiger partial charge in [-0.2, -0.15) is 0 Å². The number of hydrogen-bond acceptors (Lipinski definition) is 6. The normalized spacial score (nSPS) is 11.8. The molecule has 0 saturated heterocycles. The Bertz CT molecular complexity index is 738. The lowest BCUT2D eigenvalue weighted by Crippen LogP contribution is -2.23. The summed E-state index contributed by atoms with van der Waals surface area (Å²) in [6, 6.07) is 4.94. The summed E-state index contributed by atoms with van der Waals surface area (Å²) in [7, 11) is -0.588. The number of nitrogens with two attached hydrogens (primary N) is 1. The van der Waals surface area contributed by atoms with Gasteiger partial charge in [0, 0.05) is 25.2 Å². The van der Waals surface area contributed by atoms with E-state index in [9.17, 15) is 8.42 Å². The van der Waals surface area contributed by atoms with Gasteiger partial charge in [0.2, 0.25) is 10.0 Å². The van der Waals surface area contributed by atoms with Gasteiger partial charge in [0.25, 0.3) is 0 Å². The van der Waals surface area contributed by atoms with Crippen LogP contribution in [0.5, 0.6) is 0 Å². The minimum atomic E-state index is -3.55. The minimum absolute atomic E-state index is 0.109. The molecule has 0 unspecified atom stereocenters. The first kappa shape index (κ1) is 15.7. The number of sulfonamides is 1. The Morgan fingerprint density at radius 1 is 1.38 bits per heavy atom. The highest BCUT2D eigenvalue weighted by Gasteiger charge is 2.21. The van der Waals surface area contributed by atoms with Crippen molar-refractivity contribution in [2.75, 3.05) is 25.1 Å². The third kappa shape index (κ3) is 3.34. The van der Waals surface area contributed by atoms with Gasteiger partial charge in [-0.3, -0.25) is 0 Å². The van der Waals surface area contributed by atoms with E-state index < -0.39 is 10.0 Å². The lowest BCUT2D eigenvalue weighted by atomic mass is 10.2. The first-order valence-corrected chi connectivity index (χ1v) is 8.54. The third-order valence-electron chi connectivity index (χ3n) is 2.95. The molecule has 0 spiro atoms. The third-order valence-corrected chi connectivity index (χ3v) is 5.73. The second-order valence-corrected chi connectivity index (χ2v) is 8.14. The number of aryl methyl sites for hydroxylation is 1. The molecule has 1 heterocycles. The number of aromatic nitrogens is 1. The summed E-state index contributed by atoms with van der Waals surface area (Å²) in [6.07, 6.45) is 1.80. The smallest absolute Gasteiger partial charge is 0.244 e. The summed E-state index contributed by atoms with van der Waals surface area (Å²) in [5.41, 5.74) is 6.83. The van der Waals surface area contributed by atoms with E-state index >= 15 is 0 Å². The summed E-state index contributed by atoms with van der Waals surface area (Å²) in [4.78, 5) is 5.35. The molecule has 0 aliphatic carbocycles. The largest absolute Gasteiger partial charge is 0.396 e. The molecule has 6 nitrogen and oxygen atoms in total. The number of nitrogen functional groups attached to an aromatic ring is 1. The van der Waals surface area contributed by atoms with Crippen molar-refractivity contribution in [3.8, 4) is 0 Å². The molecule has 0 amide bonds. The Hall–Kier alpha value is -1.64. The molecule has 1 aromatic carbocycles. The maximum atomic E-state index is 12.2. The number of benzene rings is 1. The zero-order chi connectivity index (χ0) is 15.6. The van der Waals surface area contributed by atoms with Crippen molar-refractivity contribution in [3.63, 3.8) is 0 Å². The van der Waals surface area contributed by atoms with Crippen LogP contribution in [0.2, 0.25) is 0 Å². The molecular weight excluding hydrogens is 308 g/mol. The van der Waals surface area contributed by atoms with Gasteiger partial charge in [-0.25, -0.2) is 17.7 Å². The molecule has 114 valence electrons. The van der Waals surface area contributed by atoms with E-state index in [0.29, 0.717) is 12.2 Å². The predicted molar refractivity (Wildman–Crippen MR) is 85.9 cm³/mol. The van der Waals surface area contributed by atoms with Gasteiger partial charge in [0.15, 0.2) is 0 Å². The Balaban J connectivity index is 2.26. The molecule has 8 heteroatoms. The van der Waals surface area contributed by atoms with Crippen LogP contribution in [-0.2, 0) is 16.6 Å². The molecule has 0 saturated carbocycles. The Morgan fingerprint density at radius 2 is 2.10 bits per heavy atom. The van der Waals surface area contributed by atoms with E-state index in [1.165, 1.54) is 20.2 Å². The molecule has 2 aromatic rings. The molecule has 0 atom stereocenters. The first-order valence-electron chi connectivity index (χ1n) is 6.28. The van der Waals surface area contributed by atoms with E-state index in [2.05, 4.69) is 10.3 Å². The van der Waals surface area contributed by atoms with Gasteiger partial charge in [0.1, 0.15) is 4.90 Å². The van der Waals surface area contributed by atoms with Crippen LogP contribution in [0.25, 0.3) is 0 Å². The summed E-state index contributed by atoms with van der Waals surface area (Å²) < 4.78 is 25.5. The maximum absolute atomic E-state index is 12.2. The monoisotopic (exact) mass is 326 g/mol. The van der Waals surface area contributed by atoms with Crippen LogP contribution in [0.4, 0.5) is 11.4 Å². The number of nitrogens with zero attached hydrogens (tertiary/aromatic N) is 2. The molecule has 0 fully saturated rings. The molecule has 3 N–H and O–H groups in total. The molecule has 1 aromatic heterocycles. The Morgan fingerprint density at radius 3 is 2.67 bits per heavy atom. The van der Waals surface area contributed by atoms with Crippen LogP contribution in [0.15, 0.2) is 29.3 Å². The Labute approximate surface area is 128 Å². The lowest BCUT2D eigenvalue weighted by molar-refractivity contribution is 0.521. The van der Waals surface area contributed by atoms with Gasteiger partial charge in [-0.15, -0.1) is 11.3 Å². The maximum Gasteiger partial charge on any atom is 0.244 e. The fraction of sp³-hybridized carbons (Fsp3) is 0.308. The summed E-state index contributed by atoms with van der Waals surface area (Å²) in [5.74, 6) is 0. The van der Waals surface area contributed by atoms with Crippen molar-refractivity contribution in [2.45, 2.75) is 18.4 Å². The van der Waals surface area contributed by atoms with Gasteiger partial charge in [-0.05, 0) is 19.1 Å². The topological polar surface area (TPSA) is 88.3 Å². The molecular formula is C13H18N4O2S2. The number of anilines is 2. The van der Waals surface area contributed by atoms with Crippen LogP contribution in [-0.4, -0.2) is 31.8 Å². The van der Waals surface area contributed by atoms with Crippen LogP contribution >= 0.6 is 11.3 Å². The van der Waals surface area contributed by atoms with Crippen LogP contribution in [0, 0.1) is 6.92 Å². The fourth-order valence-corrected chi connectivity index (χ4v) is 3.56. The number of hydrogen-bond donors (Lipinski definition) is 2. The molecule has 0 aliphatic heterocycles. The average molecular weight is 326 g/mol. The zero-order valence-corrected chi connectivity index (χ0v) is 13.8. The highest BCUT2D eigenvalue weighted by molar-refractivity contribution is 7.89. The van der Waals surface area contributed by atoms with E-state index in [4.69, 9.17) is 5.73 Å². The van der Waals surface area contributed by atoms with E-state index in [1.807, 2.05) is 6.92 Å². The van der Waals surface area contributed by atoms with Crippen molar-refractivity contribution in [1.29, 1.82) is 0 Å². The summed E-state index contributed by atoms with van der Waals surface area (Å²) in [5, 5.41) is 4.15. The molecule has 21 heavy (non-hydrogen) atoms. The van der Waals surface area contributed by atoms with E-state index in [-0.39, 0.29) is 10.6 Å².